The van der Waals surface area contributed by atoms with Crippen molar-refractivity contribution in [2.24, 2.45) is 0 Å². The van der Waals surface area contributed by atoms with Gasteiger partial charge < -0.3 is 41.6 Å². The quantitative estimate of drug-likeness (QED) is 0.0213. The zero-order valence-electron chi connectivity index (χ0n) is 77.5. The average Bonchev–Trinajstić information content (AvgIpc) is 1.60. The molecule has 0 atom stereocenters. The van der Waals surface area contributed by atoms with E-state index in [1.54, 1.807) is 48.5 Å². The summed E-state index contributed by atoms with van der Waals surface area (Å²) in [6.07, 6.45) is 25.5. The van der Waals surface area contributed by atoms with E-state index >= 15 is 0 Å². The molecular weight excluding hydrogens is 1720 g/mol. The first-order chi connectivity index (χ1) is 64.9. The van der Waals surface area contributed by atoms with Crippen molar-refractivity contribution in [2.75, 3.05) is 39.6 Å². The largest absolute Gasteiger partial charge is 1.00 e. The molecule has 668 valence electrons. The average molecular weight is 1830 g/mol. The van der Waals surface area contributed by atoms with E-state index in [0.717, 1.165) is 69.8 Å². The number of carbonyl (C=O) groups excluding carboxylic acids is 1. The number of rotatable bonds is 27. The Balaban J connectivity index is 0.000000170. The summed E-state index contributed by atoms with van der Waals surface area (Å²) in [5.41, 5.74) is 26.2. The molecule has 0 saturated carbocycles. The van der Waals surface area contributed by atoms with Crippen LogP contribution < -0.4 is 56.5 Å². The maximum Gasteiger partial charge on any atom is 1.00 e. The van der Waals surface area contributed by atoms with E-state index in [0.29, 0.717) is 32.0 Å². The third-order valence-electron chi connectivity index (χ3n) is 22.6. The molecular formula is C119H112KN3O9P2. The second-order valence-electron chi connectivity index (χ2n) is 33.4. The number of carbonyl (C=O) groups is 1. The summed E-state index contributed by atoms with van der Waals surface area (Å²) in [6.45, 7) is 15.5. The minimum atomic E-state index is -3.12. The molecule has 1 fully saturated rings. The van der Waals surface area contributed by atoms with Gasteiger partial charge in [-0.2, -0.15) is 0 Å². The van der Waals surface area contributed by atoms with Gasteiger partial charge in [-0.3, -0.25) is 13.9 Å². The molecule has 1 aliphatic heterocycles. The Labute approximate surface area is 830 Å². The molecule has 0 spiro atoms. The Morgan fingerprint density at radius 2 is 0.507 bits per heavy atom. The first-order valence-corrected chi connectivity index (χ1v) is 49.1. The molecule has 0 amide bonds. The summed E-state index contributed by atoms with van der Waals surface area (Å²) in [5.74, 6) is 0. The number of fused-ring (bicyclic) bond motifs is 9. The van der Waals surface area contributed by atoms with Crippen LogP contribution in [0.1, 0.15) is 133 Å². The van der Waals surface area contributed by atoms with Crippen molar-refractivity contribution < 1.29 is 93.2 Å². The third kappa shape index (κ3) is 26.3. The molecule has 12 nitrogen and oxygen atoms in total. The van der Waals surface area contributed by atoms with Crippen LogP contribution >= 0.6 is 15.2 Å². The van der Waals surface area contributed by atoms with Gasteiger partial charge in [-0.25, -0.2) is 0 Å². The summed E-state index contributed by atoms with van der Waals surface area (Å²) >= 11 is 0. The van der Waals surface area contributed by atoms with Gasteiger partial charge >= 0.3 is 66.6 Å². The van der Waals surface area contributed by atoms with E-state index in [-0.39, 0.29) is 63.7 Å². The Kier molecular flexibility index (Phi) is 34.9. The first kappa shape index (κ1) is 97.9. The van der Waals surface area contributed by atoms with Crippen LogP contribution in [0.4, 0.5) is 0 Å². The molecule has 15 heteroatoms. The third-order valence-corrected chi connectivity index (χ3v) is 26.7. The zero-order chi connectivity index (χ0) is 92.4. The van der Waals surface area contributed by atoms with Gasteiger partial charge in [0, 0.05) is 68.7 Å². The SMILES string of the molecule is C(=C\c1ccc(-c2ccc(/C=C/c3ccc(/C=C/n4c5ccccc5c5ccccc54)cc3)cc2)cc1)/c1ccc(/C=C/c2ccc(-n3c4ccccc4c4ccccc43)cc2)cc1.C1CCOC1.CC(C)(C)[O-].CCOP(=O)(Cc1ccc(-c2ccc(CP(=O)(OCC)OCC)cc2)cc1)OCC.O=Cc1ccc(/C=C/c2ccc(-n3c4ccccc4c4ccccc43)cc2)cc1.[K+]. The number of para-hydroxylation sites is 6. The number of benzene rings is 15. The number of hydrogen-bond acceptors (Lipinski definition) is 9. The molecule has 0 N–H and O–H groups in total. The smallest absolute Gasteiger partial charge is 0.850 e. The van der Waals surface area contributed by atoms with Gasteiger partial charge in [-0.1, -0.05) is 373 Å². The summed E-state index contributed by atoms with van der Waals surface area (Å²) in [7, 11) is -6.23. The molecule has 0 radical (unpaired) electrons. The van der Waals surface area contributed by atoms with Gasteiger partial charge in [0.1, 0.15) is 6.29 Å². The van der Waals surface area contributed by atoms with Crippen LogP contribution in [0.25, 0.3) is 160 Å². The summed E-state index contributed by atoms with van der Waals surface area (Å²) in [6, 6.07) is 127. The van der Waals surface area contributed by atoms with Gasteiger partial charge in [0.2, 0.25) is 0 Å². The van der Waals surface area contributed by atoms with E-state index in [1.807, 2.05) is 72.8 Å². The molecule has 134 heavy (non-hydrogen) atoms. The van der Waals surface area contributed by atoms with Crippen LogP contribution in [0.3, 0.4) is 0 Å². The standard InChI is InChI=1S/C62H44N2.C27H19NO.C22H32O6P2.C4H8O.C4H9O.K/c1-5-13-59-55(9-1)56-10-2-6-14-60(56)63(59)44-43-51-29-27-47(28-30-51)22-25-49-33-39-53(40-34-49)52-37-31-48(32-38-52)24-21-45-17-19-46(20-18-45)23-26-50-35-41-54(42-36-50)64-61-15-7-3-11-57(61)58-12-4-8-16-62(58)64;29-19-22-13-11-20(12-14-22)9-10-21-15-17-23(18-16-21)28-26-7-3-1-5-24(26)25-6-2-4-8-27(25)28;1-5-25-29(23,26-6-2)17-19-9-13-21(14-10-19)22-15-11-20(12-16-22)18-30(24,27-7-3)28-8-4;1-2-4-5-3-1;1-4(2,3)5;/h1-44H;1-19H;9-16H,5-8,17-18H2,1-4H3;1-4H2;1-3H3;/q;;;;-1;+1/b24-21+,25-22+,26-23+,44-43+;10-9+;;;;. The van der Waals surface area contributed by atoms with E-state index in [9.17, 15) is 19.0 Å². The van der Waals surface area contributed by atoms with Crippen LogP contribution in [-0.2, 0) is 44.3 Å². The van der Waals surface area contributed by atoms with Crippen LogP contribution in [0.15, 0.2) is 364 Å². The fraction of sp³-hybridized carbons (Fsp3) is 0.151. The molecule has 1 aliphatic rings. The number of nitrogens with zero attached hydrogens (tertiary/aromatic N) is 3. The van der Waals surface area contributed by atoms with Gasteiger partial charge in [0.25, 0.3) is 0 Å². The second-order valence-corrected chi connectivity index (χ2v) is 37.5. The molecule has 0 aliphatic carbocycles. The fourth-order valence-corrected chi connectivity index (χ4v) is 19.6. The van der Waals surface area contributed by atoms with Crippen LogP contribution in [0.2, 0.25) is 0 Å². The molecule has 19 rings (SSSR count). The van der Waals surface area contributed by atoms with E-state index in [1.165, 1.54) is 123 Å². The molecule has 3 aromatic heterocycles. The van der Waals surface area contributed by atoms with Crippen molar-refractivity contribution in [1.29, 1.82) is 0 Å². The zero-order valence-corrected chi connectivity index (χ0v) is 82.4. The predicted octanol–water partition coefficient (Wildman–Crippen LogP) is 28.3. The predicted molar refractivity (Wildman–Crippen MR) is 559 cm³/mol. The Bertz CT molecular complexity index is 6900. The Morgan fingerprint density at radius 3 is 0.746 bits per heavy atom. The monoisotopic (exact) mass is 1830 g/mol. The summed E-state index contributed by atoms with van der Waals surface area (Å²) in [5, 5.41) is 17.7. The molecule has 0 unspecified atom stereocenters. The number of ether oxygens (including phenoxy) is 1. The normalized spacial score (nSPS) is 12.4. The molecule has 15 aromatic carbocycles. The molecule has 0 bridgehead atoms. The van der Waals surface area contributed by atoms with E-state index in [4.69, 9.17) is 22.8 Å². The van der Waals surface area contributed by atoms with Gasteiger partial charge in [0.05, 0.1) is 71.9 Å². The van der Waals surface area contributed by atoms with Crippen molar-refractivity contribution in [2.45, 2.75) is 79.2 Å². The summed E-state index contributed by atoms with van der Waals surface area (Å²) in [4.78, 5) is 10.8. The van der Waals surface area contributed by atoms with Crippen LogP contribution in [0.5, 0.6) is 0 Å². The van der Waals surface area contributed by atoms with Crippen molar-refractivity contribution in [3.63, 3.8) is 0 Å². The number of aldehydes is 1. The van der Waals surface area contributed by atoms with Gasteiger partial charge in [-0.05, 0) is 191 Å². The van der Waals surface area contributed by atoms with Crippen molar-refractivity contribution in [3.8, 4) is 33.6 Å². The number of aromatic nitrogens is 3. The molecule has 18 aromatic rings. The van der Waals surface area contributed by atoms with Crippen LogP contribution in [-0.4, -0.2) is 65.2 Å². The molecule has 4 heterocycles. The Hall–Kier alpha value is -12.1. The van der Waals surface area contributed by atoms with E-state index in [2.05, 4.69) is 366 Å². The fourth-order valence-electron chi connectivity index (χ4n) is 16.2. The first-order valence-electron chi connectivity index (χ1n) is 45.6. The minimum Gasteiger partial charge on any atom is -0.850 e. The van der Waals surface area contributed by atoms with Crippen molar-refractivity contribution in [1.82, 2.24) is 13.7 Å². The van der Waals surface area contributed by atoms with Gasteiger partial charge in [-0.15, -0.1) is 5.60 Å². The minimum absolute atomic E-state index is 0. The van der Waals surface area contributed by atoms with Crippen LogP contribution in [0, 0.1) is 0 Å². The van der Waals surface area contributed by atoms with E-state index < -0.39 is 20.8 Å². The molecule has 1 saturated heterocycles. The topological polar surface area (TPSA) is 135 Å². The van der Waals surface area contributed by atoms with Crippen molar-refractivity contribution >= 4 is 148 Å². The van der Waals surface area contributed by atoms with Gasteiger partial charge in [0.15, 0.2) is 0 Å². The maximum absolute atomic E-state index is 12.7. The summed E-state index contributed by atoms with van der Waals surface area (Å²) < 4.78 is 58.7. The Morgan fingerprint density at radius 1 is 0.299 bits per heavy atom. The van der Waals surface area contributed by atoms with Crippen molar-refractivity contribution in [3.05, 3.63) is 431 Å². The number of hydrogen-bond donors (Lipinski definition) is 0. The maximum atomic E-state index is 12.7. The second kappa shape index (κ2) is 47.7.